The Balaban J connectivity index is 2.41. The van der Waals surface area contributed by atoms with E-state index in [0.717, 1.165) is 24.9 Å². The van der Waals surface area contributed by atoms with Crippen molar-refractivity contribution < 1.29 is 13.7 Å². The first kappa shape index (κ1) is 16.5. The van der Waals surface area contributed by atoms with E-state index in [2.05, 4.69) is 20.6 Å². The number of hydrogen-bond acceptors (Lipinski definition) is 6. The number of hydrogen-bond donors (Lipinski definition) is 2. The Kier molecular flexibility index (Phi) is 4.99. The summed E-state index contributed by atoms with van der Waals surface area (Å²) >= 11 is 0. The van der Waals surface area contributed by atoms with E-state index in [9.17, 15) is 18.9 Å². The van der Waals surface area contributed by atoms with Gasteiger partial charge in [-0.1, -0.05) is 6.92 Å². The highest BCUT2D eigenvalue weighted by molar-refractivity contribution is 5.74. The van der Waals surface area contributed by atoms with Gasteiger partial charge < -0.3 is 10.6 Å². The highest BCUT2D eigenvalue weighted by Gasteiger charge is 2.24. The summed E-state index contributed by atoms with van der Waals surface area (Å²) in [7, 11) is 0. The van der Waals surface area contributed by atoms with Crippen LogP contribution in [0.3, 0.4) is 0 Å². The number of nitrogens with zero attached hydrogens (tertiary/aromatic N) is 3. The molecule has 0 aliphatic heterocycles. The van der Waals surface area contributed by atoms with Crippen LogP contribution in [0.1, 0.15) is 20.3 Å². The van der Waals surface area contributed by atoms with Gasteiger partial charge in [0, 0.05) is 12.1 Å². The Morgan fingerprint density at radius 2 is 2.00 bits per heavy atom. The summed E-state index contributed by atoms with van der Waals surface area (Å²) < 4.78 is 26.6. The normalized spacial score (nSPS) is 11.8. The second-order valence-corrected chi connectivity index (χ2v) is 4.88. The van der Waals surface area contributed by atoms with E-state index in [4.69, 9.17) is 0 Å². The fourth-order valence-electron chi connectivity index (χ4n) is 1.80. The van der Waals surface area contributed by atoms with Gasteiger partial charge in [-0.15, -0.1) is 0 Å². The smallest absolute Gasteiger partial charge is 0.353 e. The maximum Gasteiger partial charge on any atom is 0.353 e. The van der Waals surface area contributed by atoms with Gasteiger partial charge in [-0.3, -0.25) is 10.1 Å². The van der Waals surface area contributed by atoms with Crippen molar-refractivity contribution in [1.29, 1.82) is 0 Å². The predicted octanol–water partition coefficient (Wildman–Crippen LogP) is 3.62. The molecule has 7 nitrogen and oxygen atoms in total. The monoisotopic (exact) mass is 323 g/mol. The molecule has 0 saturated heterocycles. The molecule has 0 radical (unpaired) electrons. The third-order valence-corrected chi connectivity index (χ3v) is 3.18. The van der Waals surface area contributed by atoms with Gasteiger partial charge in [0.1, 0.15) is 18.0 Å². The molecular weight excluding hydrogens is 308 g/mol. The molecule has 1 aromatic carbocycles. The molecule has 0 fully saturated rings. The molecule has 0 aliphatic carbocycles. The Morgan fingerprint density at radius 1 is 1.30 bits per heavy atom. The SMILES string of the molecule is CCC(C)Nc1ncnc(Nc2ccc(F)cc2F)c1[N+](=O)[O-]. The van der Waals surface area contributed by atoms with Crippen molar-refractivity contribution in [3.8, 4) is 0 Å². The van der Waals surface area contributed by atoms with E-state index >= 15 is 0 Å². The van der Waals surface area contributed by atoms with Crippen molar-refractivity contribution in [1.82, 2.24) is 9.97 Å². The zero-order valence-electron chi connectivity index (χ0n) is 12.5. The summed E-state index contributed by atoms with van der Waals surface area (Å²) in [5, 5.41) is 16.7. The largest absolute Gasteiger partial charge is 0.362 e. The van der Waals surface area contributed by atoms with Crippen LogP contribution in [0.2, 0.25) is 0 Å². The number of nitro groups is 1. The zero-order chi connectivity index (χ0) is 17.0. The second kappa shape index (κ2) is 6.95. The fourth-order valence-corrected chi connectivity index (χ4v) is 1.80. The van der Waals surface area contributed by atoms with Gasteiger partial charge in [0.15, 0.2) is 0 Å². The first-order chi connectivity index (χ1) is 10.9. The average Bonchev–Trinajstić information content (AvgIpc) is 2.49. The van der Waals surface area contributed by atoms with Gasteiger partial charge >= 0.3 is 5.69 Å². The number of aromatic nitrogens is 2. The lowest BCUT2D eigenvalue weighted by molar-refractivity contribution is -0.383. The third-order valence-electron chi connectivity index (χ3n) is 3.18. The molecule has 122 valence electrons. The standard InChI is InChI=1S/C14H15F2N5O2/c1-3-8(2)19-13-12(21(22)23)14(18-7-17-13)20-11-5-4-9(15)6-10(11)16/h4-8H,3H2,1-2H3,(H2,17,18,19,20). The molecule has 2 rings (SSSR count). The molecular formula is C14H15F2N5O2. The van der Waals surface area contributed by atoms with Gasteiger partial charge in [0.25, 0.3) is 0 Å². The van der Waals surface area contributed by atoms with Gasteiger partial charge in [-0.2, -0.15) is 0 Å². The first-order valence-corrected chi connectivity index (χ1v) is 6.90. The number of nitrogens with one attached hydrogen (secondary N) is 2. The Hall–Kier alpha value is -2.84. The molecule has 1 unspecified atom stereocenters. The summed E-state index contributed by atoms with van der Waals surface area (Å²) in [6, 6.07) is 2.81. The molecule has 2 aromatic rings. The molecule has 0 saturated carbocycles. The highest BCUT2D eigenvalue weighted by Crippen LogP contribution is 2.32. The van der Waals surface area contributed by atoms with Crippen LogP contribution in [0.5, 0.6) is 0 Å². The van der Waals surface area contributed by atoms with Crippen LogP contribution in [0, 0.1) is 21.7 Å². The van der Waals surface area contributed by atoms with Crippen LogP contribution in [-0.2, 0) is 0 Å². The molecule has 1 aromatic heterocycles. The molecule has 1 atom stereocenters. The number of anilines is 3. The third kappa shape index (κ3) is 3.87. The number of rotatable bonds is 6. The van der Waals surface area contributed by atoms with Crippen molar-refractivity contribution in [2.24, 2.45) is 0 Å². The lowest BCUT2D eigenvalue weighted by Crippen LogP contribution is -2.16. The van der Waals surface area contributed by atoms with Crippen molar-refractivity contribution in [2.75, 3.05) is 10.6 Å². The van der Waals surface area contributed by atoms with E-state index < -0.39 is 22.2 Å². The summed E-state index contributed by atoms with van der Waals surface area (Å²) in [4.78, 5) is 18.3. The quantitative estimate of drug-likeness (QED) is 0.623. The van der Waals surface area contributed by atoms with Crippen molar-refractivity contribution in [3.05, 3.63) is 46.3 Å². The molecule has 0 aliphatic rings. The molecule has 1 heterocycles. The summed E-state index contributed by atoms with van der Waals surface area (Å²) in [6.07, 6.45) is 1.86. The van der Waals surface area contributed by atoms with E-state index in [-0.39, 0.29) is 23.4 Å². The topological polar surface area (TPSA) is 93.0 Å². The molecule has 0 amide bonds. The molecule has 2 N–H and O–H groups in total. The highest BCUT2D eigenvalue weighted by atomic mass is 19.1. The Morgan fingerprint density at radius 3 is 2.61 bits per heavy atom. The second-order valence-electron chi connectivity index (χ2n) is 4.88. The van der Waals surface area contributed by atoms with Crippen LogP contribution in [0.15, 0.2) is 24.5 Å². The number of benzene rings is 1. The van der Waals surface area contributed by atoms with Gasteiger partial charge in [0.05, 0.1) is 10.6 Å². The van der Waals surface area contributed by atoms with E-state index in [1.54, 1.807) is 0 Å². The van der Waals surface area contributed by atoms with Crippen LogP contribution >= 0.6 is 0 Å². The van der Waals surface area contributed by atoms with Gasteiger partial charge in [-0.25, -0.2) is 18.7 Å². The van der Waals surface area contributed by atoms with Gasteiger partial charge in [-0.05, 0) is 25.5 Å². The molecule has 23 heavy (non-hydrogen) atoms. The maximum atomic E-state index is 13.7. The van der Waals surface area contributed by atoms with Crippen molar-refractivity contribution in [2.45, 2.75) is 26.3 Å². The fraction of sp³-hybridized carbons (Fsp3) is 0.286. The Bertz CT molecular complexity index is 726. The lowest BCUT2D eigenvalue weighted by atomic mass is 10.2. The van der Waals surface area contributed by atoms with Crippen LogP contribution in [0.25, 0.3) is 0 Å². The van der Waals surface area contributed by atoms with E-state index in [0.29, 0.717) is 6.07 Å². The summed E-state index contributed by atoms with van der Waals surface area (Å²) in [5.41, 5.74) is -0.529. The predicted molar refractivity (Wildman–Crippen MR) is 81.7 cm³/mol. The van der Waals surface area contributed by atoms with E-state index in [1.165, 1.54) is 0 Å². The van der Waals surface area contributed by atoms with Crippen LogP contribution in [0.4, 0.5) is 31.8 Å². The van der Waals surface area contributed by atoms with Crippen LogP contribution in [-0.4, -0.2) is 20.9 Å². The van der Waals surface area contributed by atoms with Crippen molar-refractivity contribution >= 4 is 23.0 Å². The lowest BCUT2D eigenvalue weighted by Gasteiger charge is -2.14. The minimum atomic E-state index is -0.880. The molecule has 0 bridgehead atoms. The van der Waals surface area contributed by atoms with Crippen LogP contribution < -0.4 is 10.6 Å². The maximum absolute atomic E-state index is 13.7. The first-order valence-electron chi connectivity index (χ1n) is 6.90. The van der Waals surface area contributed by atoms with Crippen molar-refractivity contribution in [3.63, 3.8) is 0 Å². The summed E-state index contributed by atoms with van der Waals surface area (Å²) in [6.45, 7) is 3.76. The Labute approximate surface area is 130 Å². The minimum Gasteiger partial charge on any atom is -0.362 e. The number of halogens is 2. The molecule has 0 spiro atoms. The minimum absolute atomic E-state index is 0.0318. The molecule has 9 heteroatoms. The average molecular weight is 323 g/mol. The summed E-state index contributed by atoms with van der Waals surface area (Å²) in [5.74, 6) is -1.77. The zero-order valence-corrected chi connectivity index (χ0v) is 12.5. The van der Waals surface area contributed by atoms with E-state index in [1.807, 2.05) is 13.8 Å². The van der Waals surface area contributed by atoms with Gasteiger partial charge in [0.2, 0.25) is 11.6 Å².